The SMILES string of the molecule is O[C@H](COc1cc(Cl)c(Cl)cc1Cl)CN1CCN(c2ncccn2)CC1. The number of β-amino-alcohol motifs (C(OH)–C–C–N with tert-alkyl or cyclic N) is 1. The summed E-state index contributed by atoms with van der Waals surface area (Å²) in [4.78, 5) is 12.9. The maximum atomic E-state index is 10.3. The molecule has 1 N–H and O–H groups in total. The van der Waals surface area contributed by atoms with E-state index in [1.54, 1.807) is 24.5 Å². The molecule has 0 amide bonds. The maximum absolute atomic E-state index is 10.3. The van der Waals surface area contributed by atoms with Gasteiger partial charge < -0.3 is 14.7 Å². The van der Waals surface area contributed by atoms with E-state index in [9.17, 15) is 5.11 Å². The molecule has 1 atom stereocenters. The molecule has 0 unspecified atom stereocenters. The first-order valence-electron chi connectivity index (χ1n) is 8.22. The van der Waals surface area contributed by atoms with Crippen LogP contribution in [-0.4, -0.2) is 65.4 Å². The van der Waals surface area contributed by atoms with E-state index in [-0.39, 0.29) is 6.61 Å². The molecule has 26 heavy (non-hydrogen) atoms. The fourth-order valence-electron chi connectivity index (χ4n) is 2.74. The number of halogens is 3. The first kappa shape index (κ1) is 19.5. The van der Waals surface area contributed by atoms with Gasteiger partial charge in [0, 0.05) is 51.2 Å². The minimum atomic E-state index is -0.639. The van der Waals surface area contributed by atoms with E-state index in [0.29, 0.717) is 27.4 Å². The summed E-state index contributed by atoms with van der Waals surface area (Å²) < 4.78 is 5.58. The molecule has 0 spiro atoms. The Morgan fingerprint density at radius 1 is 1.00 bits per heavy atom. The zero-order valence-electron chi connectivity index (χ0n) is 14.0. The van der Waals surface area contributed by atoms with Crippen LogP contribution in [0.4, 0.5) is 5.95 Å². The van der Waals surface area contributed by atoms with Gasteiger partial charge in [0.2, 0.25) is 5.95 Å². The first-order chi connectivity index (χ1) is 12.5. The van der Waals surface area contributed by atoms with Crippen molar-refractivity contribution in [1.82, 2.24) is 14.9 Å². The molecule has 6 nitrogen and oxygen atoms in total. The number of aliphatic hydroxyl groups excluding tert-OH is 1. The van der Waals surface area contributed by atoms with Gasteiger partial charge in [-0.25, -0.2) is 9.97 Å². The van der Waals surface area contributed by atoms with Gasteiger partial charge in [0.25, 0.3) is 0 Å². The monoisotopic (exact) mass is 416 g/mol. The molecule has 0 bridgehead atoms. The van der Waals surface area contributed by atoms with Gasteiger partial charge >= 0.3 is 0 Å². The number of piperazine rings is 1. The van der Waals surface area contributed by atoms with E-state index in [1.165, 1.54) is 6.07 Å². The van der Waals surface area contributed by atoms with Crippen molar-refractivity contribution in [3.63, 3.8) is 0 Å². The molecule has 0 radical (unpaired) electrons. The number of anilines is 1. The molecule has 2 aromatic rings. The standard InChI is InChI=1S/C17H19Cl3N4O2/c18-13-8-15(20)16(9-14(13)19)26-11-12(25)10-23-4-6-24(7-5-23)17-21-2-1-3-22-17/h1-3,8-9,12,25H,4-7,10-11H2/t12-/m0/s1. The van der Waals surface area contributed by atoms with E-state index in [0.717, 1.165) is 32.1 Å². The second-order valence-corrected chi connectivity index (χ2v) is 7.22. The molecule has 1 aliphatic heterocycles. The number of benzene rings is 1. The third-order valence-electron chi connectivity index (χ3n) is 4.08. The van der Waals surface area contributed by atoms with Crippen molar-refractivity contribution in [1.29, 1.82) is 0 Å². The molecular weight excluding hydrogens is 399 g/mol. The highest BCUT2D eigenvalue weighted by molar-refractivity contribution is 6.43. The highest BCUT2D eigenvalue weighted by Gasteiger charge is 2.21. The van der Waals surface area contributed by atoms with Gasteiger partial charge in [0.15, 0.2) is 0 Å². The van der Waals surface area contributed by atoms with Crippen molar-refractivity contribution in [3.05, 3.63) is 45.7 Å². The molecule has 140 valence electrons. The summed E-state index contributed by atoms with van der Waals surface area (Å²) in [6.45, 7) is 3.92. The van der Waals surface area contributed by atoms with Crippen molar-refractivity contribution in [2.75, 3.05) is 44.2 Å². The van der Waals surface area contributed by atoms with Crippen LogP contribution in [0.5, 0.6) is 5.75 Å². The lowest BCUT2D eigenvalue weighted by Crippen LogP contribution is -2.49. The summed E-state index contributed by atoms with van der Waals surface area (Å²) >= 11 is 17.9. The van der Waals surface area contributed by atoms with E-state index in [4.69, 9.17) is 39.5 Å². The molecule has 3 rings (SSSR count). The molecule has 0 aliphatic carbocycles. The Morgan fingerprint density at radius 2 is 1.65 bits per heavy atom. The second kappa shape index (κ2) is 9.06. The highest BCUT2D eigenvalue weighted by Crippen LogP contribution is 2.33. The average molecular weight is 418 g/mol. The Morgan fingerprint density at radius 3 is 2.35 bits per heavy atom. The van der Waals surface area contributed by atoms with Gasteiger partial charge in [-0.15, -0.1) is 0 Å². The summed E-state index contributed by atoms with van der Waals surface area (Å²) in [5, 5.41) is 11.3. The molecule has 1 aromatic carbocycles. The van der Waals surface area contributed by atoms with Crippen LogP contribution in [-0.2, 0) is 0 Å². The lowest BCUT2D eigenvalue weighted by Gasteiger charge is -2.35. The Balaban J connectivity index is 1.45. The number of rotatable bonds is 6. The number of nitrogens with zero attached hydrogens (tertiary/aromatic N) is 4. The lowest BCUT2D eigenvalue weighted by molar-refractivity contribution is 0.0662. The van der Waals surface area contributed by atoms with Gasteiger partial charge in [0.1, 0.15) is 18.5 Å². The van der Waals surface area contributed by atoms with Crippen LogP contribution in [0, 0.1) is 0 Å². The van der Waals surface area contributed by atoms with Crippen LogP contribution >= 0.6 is 34.8 Å². The topological polar surface area (TPSA) is 61.7 Å². The largest absolute Gasteiger partial charge is 0.489 e. The molecular formula is C17H19Cl3N4O2. The Kier molecular flexibility index (Phi) is 6.78. The van der Waals surface area contributed by atoms with Crippen LogP contribution in [0.15, 0.2) is 30.6 Å². The van der Waals surface area contributed by atoms with Crippen LogP contribution in [0.2, 0.25) is 15.1 Å². The molecule has 1 saturated heterocycles. The predicted octanol–water partition coefficient (Wildman–Crippen LogP) is 3.00. The predicted molar refractivity (Wildman–Crippen MR) is 104 cm³/mol. The first-order valence-corrected chi connectivity index (χ1v) is 9.36. The number of hydrogen-bond acceptors (Lipinski definition) is 6. The van der Waals surface area contributed by atoms with Crippen LogP contribution in [0.1, 0.15) is 0 Å². The Bertz CT molecular complexity index is 727. The van der Waals surface area contributed by atoms with E-state index in [1.807, 2.05) is 0 Å². The summed E-state index contributed by atoms with van der Waals surface area (Å²) in [7, 11) is 0. The molecule has 9 heteroatoms. The quantitative estimate of drug-likeness (QED) is 0.729. The zero-order valence-corrected chi connectivity index (χ0v) is 16.3. The summed E-state index contributed by atoms with van der Waals surface area (Å²) in [6, 6.07) is 4.88. The molecule has 2 heterocycles. The minimum Gasteiger partial charge on any atom is -0.489 e. The maximum Gasteiger partial charge on any atom is 0.225 e. The lowest BCUT2D eigenvalue weighted by atomic mass is 10.2. The van der Waals surface area contributed by atoms with Crippen molar-refractivity contribution >= 4 is 40.8 Å². The molecule has 1 aliphatic rings. The Hall–Kier alpha value is -1.31. The van der Waals surface area contributed by atoms with E-state index >= 15 is 0 Å². The number of hydrogen-bond donors (Lipinski definition) is 1. The third kappa shape index (κ3) is 5.11. The van der Waals surface area contributed by atoms with Gasteiger partial charge in [-0.1, -0.05) is 34.8 Å². The van der Waals surface area contributed by atoms with Crippen molar-refractivity contribution in [2.45, 2.75) is 6.10 Å². The normalized spacial score (nSPS) is 16.5. The average Bonchev–Trinajstić information content (AvgIpc) is 2.65. The zero-order chi connectivity index (χ0) is 18.5. The Labute approximate surface area is 167 Å². The van der Waals surface area contributed by atoms with Gasteiger partial charge in [-0.2, -0.15) is 0 Å². The second-order valence-electron chi connectivity index (χ2n) is 6.00. The van der Waals surface area contributed by atoms with Crippen LogP contribution < -0.4 is 9.64 Å². The van der Waals surface area contributed by atoms with Crippen LogP contribution in [0.25, 0.3) is 0 Å². The van der Waals surface area contributed by atoms with Crippen LogP contribution in [0.3, 0.4) is 0 Å². The van der Waals surface area contributed by atoms with E-state index < -0.39 is 6.10 Å². The van der Waals surface area contributed by atoms with Gasteiger partial charge in [-0.3, -0.25) is 4.90 Å². The van der Waals surface area contributed by atoms with Crippen molar-refractivity contribution in [2.24, 2.45) is 0 Å². The summed E-state index contributed by atoms with van der Waals surface area (Å²) in [5.41, 5.74) is 0. The number of ether oxygens (including phenoxy) is 1. The van der Waals surface area contributed by atoms with Gasteiger partial charge in [-0.05, 0) is 12.1 Å². The summed E-state index contributed by atoms with van der Waals surface area (Å²) in [6.07, 6.45) is 2.84. The molecule has 0 saturated carbocycles. The third-order valence-corrected chi connectivity index (χ3v) is 5.10. The summed E-state index contributed by atoms with van der Waals surface area (Å²) in [5.74, 6) is 1.15. The minimum absolute atomic E-state index is 0.125. The number of aliphatic hydroxyl groups is 1. The van der Waals surface area contributed by atoms with Crippen molar-refractivity contribution in [3.8, 4) is 5.75 Å². The smallest absolute Gasteiger partial charge is 0.225 e. The van der Waals surface area contributed by atoms with Gasteiger partial charge in [0.05, 0.1) is 15.1 Å². The van der Waals surface area contributed by atoms with E-state index in [2.05, 4.69) is 19.8 Å². The molecule has 1 fully saturated rings. The molecule has 1 aromatic heterocycles. The highest BCUT2D eigenvalue weighted by atomic mass is 35.5. The number of aromatic nitrogens is 2. The van der Waals surface area contributed by atoms with Crippen molar-refractivity contribution < 1.29 is 9.84 Å². The fourth-order valence-corrected chi connectivity index (χ4v) is 3.33. The fraction of sp³-hybridized carbons (Fsp3) is 0.412.